The van der Waals surface area contributed by atoms with Gasteiger partial charge in [0.15, 0.2) is 18.1 Å². The number of amides is 1. The molecule has 0 atom stereocenters. The van der Waals surface area contributed by atoms with Crippen LogP contribution in [0.25, 0.3) is 0 Å². The van der Waals surface area contributed by atoms with Crippen LogP contribution in [0.3, 0.4) is 0 Å². The molecule has 1 amide bonds. The van der Waals surface area contributed by atoms with Crippen molar-refractivity contribution in [2.45, 2.75) is 26.3 Å². The third-order valence-corrected chi connectivity index (χ3v) is 4.88. The molecular formula is C21H27BrN2O4. The molecule has 2 aromatic carbocycles. The highest BCUT2D eigenvalue weighted by molar-refractivity contribution is 9.10. The Kier molecular flexibility index (Phi) is 9.27. The lowest BCUT2D eigenvalue weighted by Crippen LogP contribution is -2.22. The molecule has 0 unspecified atom stereocenters. The van der Waals surface area contributed by atoms with Crippen LogP contribution < -0.4 is 20.1 Å². The van der Waals surface area contributed by atoms with Gasteiger partial charge in [0.2, 0.25) is 0 Å². The predicted octanol–water partition coefficient (Wildman–Crippen LogP) is 3.65. The Labute approximate surface area is 174 Å². The number of anilines is 1. The summed E-state index contributed by atoms with van der Waals surface area (Å²) >= 11 is 3.54. The molecule has 0 fully saturated rings. The van der Waals surface area contributed by atoms with E-state index in [1.54, 1.807) is 13.2 Å². The van der Waals surface area contributed by atoms with Crippen LogP contribution in [0.1, 0.15) is 24.0 Å². The average molecular weight is 451 g/mol. The number of carbonyl (C=O) groups excluding carboxylic acids is 1. The van der Waals surface area contributed by atoms with Crippen LogP contribution in [0.5, 0.6) is 11.5 Å². The fraction of sp³-hybridized carbons (Fsp3) is 0.381. The molecule has 0 aliphatic carbocycles. The normalized spacial score (nSPS) is 10.6. The van der Waals surface area contributed by atoms with Crippen LogP contribution in [0.4, 0.5) is 5.69 Å². The van der Waals surface area contributed by atoms with Gasteiger partial charge >= 0.3 is 0 Å². The predicted molar refractivity (Wildman–Crippen MR) is 114 cm³/mol. The van der Waals surface area contributed by atoms with Gasteiger partial charge in [0.05, 0.1) is 7.11 Å². The van der Waals surface area contributed by atoms with Gasteiger partial charge < -0.3 is 25.2 Å². The largest absolute Gasteiger partial charge is 0.493 e. The zero-order valence-corrected chi connectivity index (χ0v) is 17.8. The average Bonchev–Trinajstić information content (AvgIpc) is 2.69. The van der Waals surface area contributed by atoms with E-state index in [2.05, 4.69) is 26.6 Å². The van der Waals surface area contributed by atoms with Crippen molar-refractivity contribution in [3.63, 3.8) is 0 Å². The number of hydrogen-bond acceptors (Lipinski definition) is 5. The summed E-state index contributed by atoms with van der Waals surface area (Å²) in [6.07, 6.45) is 1.64. The van der Waals surface area contributed by atoms with Crippen LogP contribution in [0.15, 0.2) is 40.9 Å². The number of methoxy groups -OCH3 is 1. The highest BCUT2D eigenvalue weighted by Gasteiger charge is 2.16. The van der Waals surface area contributed by atoms with Crippen molar-refractivity contribution < 1.29 is 19.4 Å². The van der Waals surface area contributed by atoms with E-state index >= 15 is 0 Å². The van der Waals surface area contributed by atoms with E-state index in [1.807, 2.05) is 37.3 Å². The third kappa shape index (κ3) is 6.82. The molecule has 0 aromatic heterocycles. The Morgan fingerprint density at radius 3 is 2.57 bits per heavy atom. The summed E-state index contributed by atoms with van der Waals surface area (Å²) in [4.78, 5) is 12.3. The Morgan fingerprint density at radius 2 is 1.89 bits per heavy atom. The Balaban J connectivity index is 2.02. The third-order valence-electron chi connectivity index (χ3n) is 4.13. The fourth-order valence-corrected chi connectivity index (χ4v) is 3.07. The molecule has 152 valence electrons. The minimum Gasteiger partial charge on any atom is -0.493 e. The highest BCUT2D eigenvalue weighted by atomic mass is 79.9. The van der Waals surface area contributed by atoms with E-state index in [4.69, 9.17) is 14.6 Å². The van der Waals surface area contributed by atoms with E-state index in [0.717, 1.165) is 40.7 Å². The van der Waals surface area contributed by atoms with Crippen molar-refractivity contribution in [3.8, 4) is 11.5 Å². The summed E-state index contributed by atoms with van der Waals surface area (Å²) in [5, 5.41) is 15.0. The van der Waals surface area contributed by atoms with Crippen molar-refractivity contribution in [2.75, 3.05) is 32.2 Å². The number of benzene rings is 2. The van der Waals surface area contributed by atoms with Crippen LogP contribution in [0.2, 0.25) is 0 Å². The lowest BCUT2D eigenvalue weighted by molar-refractivity contribution is -0.118. The minimum absolute atomic E-state index is 0.127. The number of aliphatic hydroxyl groups excluding tert-OH is 1. The molecule has 0 heterocycles. The van der Waals surface area contributed by atoms with Crippen molar-refractivity contribution in [3.05, 3.63) is 52.0 Å². The summed E-state index contributed by atoms with van der Waals surface area (Å²) in [6.45, 7) is 3.39. The lowest BCUT2D eigenvalue weighted by atomic mass is 10.1. The maximum absolute atomic E-state index is 12.3. The molecule has 7 heteroatoms. The number of nitrogens with one attached hydrogen (secondary N) is 2. The first-order chi connectivity index (χ1) is 13.5. The van der Waals surface area contributed by atoms with Gasteiger partial charge in [0, 0.05) is 28.9 Å². The number of aliphatic hydroxyl groups is 1. The summed E-state index contributed by atoms with van der Waals surface area (Å²) in [7, 11) is 1.57. The number of rotatable bonds is 11. The standard InChI is InChI=1S/C21H27BrN2O4/c1-15-5-7-16(8-6-15)24-20(26)14-28-21-17(13-23-11-3-4-12-25)18(22)9-10-19(21)27-2/h5-10,23,25H,3-4,11-14H2,1-2H3,(H,24,26). The van der Waals surface area contributed by atoms with E-state index in [9.17, 15) is 4.79 Å². The smallest absolute Gasteiger partial charge is 0.262 e. The molecule has 0 saturated heterocycles. The SMILES string of the molecule is COc1ccc(Br)c(CNCCCCO)c1OCC(=O)Nc1ccc(C)cc1. The number of aryl methyl sites for hydroxylation is 1. The fourth-order valence-electron chi connectivity index (χ4n) is 2.61. The van der Waals surface area contributed by atoms with Gasteiger partial charge in [-0.05, 0) is 50.6 Å². The molecule has 0 aliphatic rings. The van der Waals surface area contributed by atoms with Crippen molar-refractivity contribution >= 4 is 27.5 Å². The zero-order chi connectivity index (χ0) is 20.4. The van der Waals surface area contributed by atoms with Crippen LogP contribution >= 0.6 is 15.9 Å². The van der Waals surface area contributed by atoms with Gasteiger partial charge in [-0.15, -0.1) is 0 Å². The van der Waals surface area contributed by atoms with E-state index in [0.29, 0.717) is 18.0 Å². The molecule has 0 saturated carbocycles. The molecule has 0 bridgehead atoms. The van der Waals surface area contributed by atoms with E-state index in [-0.39, 0.29) is 19.1 Å². The van der Waals surface area contributed by atoms with Crippen molar-refractivity contribution in [1.29, 1.82) is 0 Å². The van der Waals surface area contributed by atoms with Gasteiger partial charge in [-0.3, -0.25) is 4.79 Å². The highest BCUT2D eigenvalue weighted by Crippen LogP contribution is 2.36. The molecule has 6 nitrogen and oxygen atoms in total. The second kappa shape index (κ2) is 11.7. The van der Waals surface area contributed by atoms with Gasteiger partial charge in [-0.1, -0.05) is 33.6 Å². The Hall–Kier alpha value is -2.09. The molecule has 28 heavy (non-hydrogen) atoms. The minimum atomic E-state index is -0.243. The van der Waals surface area contributed by atoms with Gasteiger partial charge in [-0.2, -0.15) is 0 Å². The van der Waals surface area contributed by atoms with Crippen molar-refractivity contribution in [2.24, 2.45) is 0 Å². The van der Waals surface area contributed by atoms with Crippen LogP contribution in [0, 0.1) is 6.92 Å². The molecule has 0 radical (unpaired) electrons. The first-order valence-corrected chi connectivity index (χ1v) is 10.0. The van der Waals surface area contributed by atoms with Gasteiger partial charge in [0.1, 0.15) is 0 Å². The molecule has 0 aliphatic heterocycles. The zero-order valence-electron chi connectivity index (χ0n) is 16.3. The first-order valence-electron chi connectivity index (χ1n) is 9.21. The second-order valence-electron chi connectivity index (χ2n) is 6.37. The van der Waals surface area contributed by atoms with Crippen molar-refractivity contribution in [1.82, 2.24) is 5.32 Å². The van der Waals surface area contributed by atoms with Gasteiger partial charge in [-0.25, -0.2) is 0 Å². The Bertz CT molecular complexity index is 766. The number of unbranched alkanes of at least 4 members (excludes halogenated alkanes) is 1. The summed E-state index contributed by atoms with van der Waals surface area (Å²) in [5.74, 6) is 0.858. The van der Waals surface area contributed by atoms with Crippen LogP contribution in [-0.2, 0) is 11.3 Å². The number of hydrogen-bond donors (Lipinski definition) is 3. The molecule has 0 spiro atoms. The lowest BCUT2D eigenvalue weighted by Gasteiger charge is -2.17. The monoisotopic (exact) mass is 450 g/mol. The summed E-state index contributed by atoms with van der Waals surface area (Å²) < 4.78 is 12.1. The number of carbonyl (C=O) groups is 1. The molecule has 2 aromatic rings. The van der Waals surface area contributed by atoms with E-state index in [1.165, 1.54) is 0 Å². The summed E-state index contributed by atoms with van der Waals surface area (Å²) in [5.41, 5.74) is 2.74. The quantitative estimate of drug-likeness (QED) is 0.455. The number of halogens is 1. The first kappa shape index (κ1) is 22.2. The molecular weight excluding hydrogens is 424 g/mol. The Morgan fingerprint density at radius 1 is 1.14 bits per heavy atom. The molecule has 3 N–H and O–H groups in total. The van der Waals surface area contributed by atoms with Gasteiger partial charge in [0.25, 0.3) is 5.91 Å². The molecule has 2 rings (SSSR count). The maximum atomic E-state index is 12.3. The van der Waals surface area contributed by atoms with Crippen LogP contribution in [-0.4, -0.2) is 37.9 Å². The second-order valence-corrected chi connectivity index (χ2v) is 7.22. The maximum Gasteiger partial charge on any atom is 0.262 e. The van der Waals surface area contributed by atoms with E-state index < -0.39 is 0 Å². The summed E-state index contributed by atoms with van der Waals surface area (Å²) in [6, 6.07) is 11.3. The number of ether oxygens (including phenoxy) is 2. The topological polar surface area (TPSA) is 79.8 Å².